The molecule has 0 aliphatic rings. The van der Waals surface area contributed by atoms with Gasteiger partial charge < -0.3 is 0 Å². The number of hydrogen-bond acceptors (Lipinski definition) is 4. The highest BCUT2D eigenvalue weighted by atomic mass is 35.5. The largest absolute Gasteiger partial charge is 0.235 e. The average Bonchev–Trinajstić information content (AvgIpc) is 3.66. The van der Waals surface area contributed by atoms with E-state index < -0.39 is 0 Å². The minimum Gasteiger partial charge on any atom is -0.235 e. The van der Waals surface area contributed by atoms with Crippen LogP contribution in [0.3, 0.4) is 0 Å². The monoisotopic (exact) mass is 540 g/mol. The zero-order valence-corrected chi connectivity index (χ0v) is 22.3. The van der Waals surface area contributed by atoms with Crippen LogP contribution in [0, 0.1) is 11.3 Å². The van der Waals surface area contributed by atoms with Crippen LogP contribution < -0.4 is 0 Å². The zero-order valence-electron chi connectivity index (χ0n) is 20.7. The lowest BCUT2D eigenvalue weighted by atomic mass is 10.1. The molecule has 0 radical (unpaired) electrons. The summed E-state index contributed by atoms with van der Waals surface area (Å²) in [5.41, 5.74) is 8.22. The fourth-order valence-electron chi connectivity index (χ4n) is 4.31. The molecule has 4 aromatic carbocycles. The van der Waals surface area contributed by atoms with E-state index in [2.05, 4.69) is 41.4 Å². The first-order valence-corrected chi connectivity index (χ1v) is 13.6. The van der Waals surface area contributed by atoms with Crippen molar-refractivity contribution in [1.29, 1.82) is 5.26 Å². The predicted molar refractivity (Wildman–Crippen MR) is 160 cm³/mol. The molecule has 0 spiro atoms. The first-order valence-electron chi connectivity index (χ1n) is 12.3. The maximum Gasteiger partial charge on any atom is 0.134 e. The highest BCUT2D eigenvalue weighted by Crippen LogP contribution is 2.30. The van der Waals surface area contributed by atoms with Crippen molar-refractivity contribution < 1.29 is 0 Å². The number of aromatic nitrogens is 3. The normalized spacial score (nSPS) is 11.3. The molecular formula is C33H21ClN4S. The van der Waals surface area contributed by atoms with Gasteiger partial charge in [0.1, 0.15) is 11.1 Å². The van der Waals surface area contributed by atoms with Crippen LogP contribution in [0.5, 0.6) is 0 Å². The predicted octanol–water partition coefficient (Wildman–Crippen LogP) is 9.05. The van der Waals surface area contributed by atoms with Crippen molar-refractivity contribution in [3.8, 4) is 45.5 Å². The summed E-state index contributed by atoms with van der Waals surface area (Å²) < 4.78 is 1.97. The Morgan fingerprint density at radius 3 is 2.08 bits per heavy atom. The maximum atomic E-state index is 9.88. The summed E-state index contributed by atoms with van der Waals surface area (Å²) in [4.78, 5) is 4.69. The van der Waals surface area contributed by atoms with E-state index in [0.29, 0.717) is 15.6 Å². The molecule has 2 heterocycles. The summed E-state index contributed by atoms with van der Waals surface area (Å²) in [5, 5.41) is 18.1. The smallest absolute Gasteiger partial charge is 0.134 e. The fourth-order valence-corrected chi connectivity index (χ4v) is 5.23. The number of nitrogens with zero attached hydrogens (tertiary/aromatic N) is 4. The van der Waals surface area contributed by atoms with Gasteiger partial charge in [0.15, 0.2) is 0 Å². The second-order valence-corrected chi connectivity index (χ2v) is 10.2. The standard InChI is InChI=1S/C33H21ClN4S/c34-28-15-13-25(14-16-28)31-22-39-33(36-31)27(21-35)19-23-11-17-29(18-12-23)38-32(26-9-5-2-6-10-26)20-30(37-38)24-7-3-1-4-8-24/h1-20,22H. The highest BCUT2D eigenvalue weighted by Gasteiger charge is 2.14. The first kappa shape index (κ1) is 24.6. The van der Waals surface area contributed by atoms with Gasteiger partial charge in [0.25, 0.3) is 0 Å². The van der Waals surface area contributed by atoms with Crippen LogP contribution >= 0.6 is 22.9 Å². The maximum absolute atomic E-state index is 9.88. The Bertz CT molecular complexity index is 1790. The van der Waals surface area contributed by atoms with E-state index in [4.69, 9.17) is 16.7 Å². The Morgan fingerprint density at radius 1 is 0.769 bits per heavy atom. The molecule has 6 rings (SSSR count). The average molecular weight is 541 g/mol. The second kappa shape index (κ2) is 10.9. The summed E-state index contributed by atoms with van der Waals surface area (Å²) in [5.74, 6) is 0. The van der Waals surface area contributed by atoms with Crippen LogP contribution in [0.2, 0.25) is 5.02 Å². The van der Waals surface area contributed by atoms with Crippen molar-refractivity contribution in [3.05, 3.63) is 136 Å². The number of benzene rings is 4. The molecular weight excluding hydrogens is 520 g/mol. The number of thiazole rings is 1. The van der Waals surface area contributed by atoms with Gasteiger partial charge in [0.2, 0.25) is 0 Å². The van der Waals surface area contributed by atoms with E-state index in [-0.39, 0.29) is 0 Å². The highest BCUT2D eigenvalue weighted by molar-refractivity contribution is 7.11. The van der Waals surface area contributed by atoms with E-state index in [1.54, 1.807) is 0 Å². The molecule has 6 aromatic rings. The minimum atomic E-state index is 0.517. The van der Waals surface area contributed by atoms with Gasteiger partial charge in [-0.3, -0.25) is 0 Å². The number of allylic oxidation sites excluding steroid dienone is 1. The Kier molecular flexibility index (Phi) is 6.88. The van der Waals surface area contributed by atoms with Crippen molar-refractivity contribution >= 4 is 34.6 Å². The summed E-state index contributed by atoms with van der Waals surface area (Å²) in [6.07, 6.45) is 1.87. The van der Waals surface area contributed by atoms with Gasteiger partial charge in [-0.25, -0.2) is 9.67 Å². The van der Waals surface area contributed by atoms with Gasteiger partial charge in [-0.05, 0) is 42.0 Å². The molecule has 0 aliphatic carbocycles. The fraction of sp³-hybridized carbons (Fsp3) is 0. The lowest BCUT2D eigenvalue weighted by Gasteiger charge is -2.08. The van der Waals surface area contributed by atoms with Gasteiger partial charge in [-0.2, -0.15) is 10.4 Å². The number of rotatable bonds is 6. The summed E-state index contributed by atoms with van der Waals surface area (Å²) in [7, 11) is 0. The number of halogens is 1. The van der Waals surface area contributed by atoms with Crippen LogP contribution in [-0.4, -0.2) is 14.8 Å². The molecule has 4 nitrogen and oxygen atoms in total. The van der Waals surface area contributed by atoms with Gasteiger partial charge in [-0.15, -0.1) is 11.3 Å². The summed E-state index contributed by atoms with van der Waals surface area (Å²) >= 11 is 7.46. The molecule has 0 unspecified atom stereocenters. The zero-order chi connectivity index (χ0) is 26.6. The lowest BCUT2D eigenvalue weighted by Crippen LogP contribution is -1.99. The molecule has 0 N–H and O–H groups in total. The van der Waals surface area contributed by atoms with E-state index in [9.17, 15) is 5.26 Å². The molecule has 39 heavy (non-hydrogen) atoms. The van der Waals surface area contributed by atoms with Gasteiger partial charge >= 0.3 is 0 Å². The van der Waals surface area contributed by atoms with Crippen LogP contribution in [0.4, 0.5) is 0 Å². The summed E-state index contributed by atoms with van der Waals surface area (Å²) in [6.45, 7) is 0. The minimum absolute atomic E-state index is 0.517. The third-order valence-corrected chi connectivity index (χ3v) is 7.42. The van der Waals surface area contributed by atoms with Crippen LogP contribution in [-0.2, 0) is 0 Å². The van der Waals surface area contributed by atoms with Crippen molar-refractivity contribution in [3.63, 3.8) is 0 Å². The topological polar surface area (TPSA) is 54.5 Å². The van der Waals surface area contributed by atoms with Crippen molar-refractivity contribution in [2.45, 2.75) is 0 Å². The molecule has 0 fully saturated rings. The van der Waals surface area contributed by atoms with Crippen molar-refractivity contribution in [2.24, 2.45) is 0 Å². The molecule has 6 heteroatoms. The molecule has 0 bridgehead atoms. The van der Waals surface area contributed by atoms with E-state index in [1.165, 1.54) is 11.3 Å². The van der Waals surface area contributed by atoms with Gasteiger partial charge in [-0.1, -0.05) is 96.5 Å². The SMILES string of the molecule is N#CC(=Cc1ccc(-n2nc(-c3ccccc3)cc2-c2ccccc2)cc1)c1nc(-c2ccc(Cl)cc2)cs1. The number of hydrogen-bond donors (Lipinski definition) is 0. The van der Waals surface area contributed by atoms with Gasteiger partial charge in [0.05, 0.1) is 28.3 Å². The van der Waals surface area contributed by atoms with Crippen molar-refractivity contribution in [1.82, 2.24) is 14.8 Å². The third-order valence-electron chi connectivity index (χ3n) is 6.29. The third kappa shape index (κ3) is 5.30. The van der Waals surface area contributed by atoms with Crippen molar-refractivity contribution in [2.75, 3.05) is 0 Å². The lowest BCUT2D eigenvalue weighted by molar-refractivity contribution is 0.892. The Hall–Kier alpha value is -4.76. The van der Waals surface area contributed by atoms with E-state index in [0.717, 1.165) is 45.0 Å². The molecule has 0 aliphatic heterocycles. The Labute approximate surface area is 235 Å². The first-order chi connectivity index (χ1) is 19.2. The Morgan fingerprint density at radius 2 is 1.41 bits per heavy atom. The molecule has 2 aromatic heterocycles. The molecule has 0 atom stereocenters. The molecule has 0 saturated carbocycles. The Balaban J connectivity index is 1.32. The van der Waals surface area contributed by atoms with Crippen LogP contribution in [0.15, 0.2) is 121 Å². The molecule has 0 saturated heterocycles. The van der Waals surface area contributed by atoms with E-state index in [1.807, 2.05) is 101 Å². The second-order valence-electron chi connectivity index (χ2n) is 8.86. The molecule has 186 valence electrons. The van der Waals surface area contributed by atoms with Crippen LogP contribution in [0.1, 0.15) is 10.6 Å². The van der Waals surface area contributed by atoms with Crippen LogP contribution in [0.25, 0.3) is 51.1 Å². The summed E-state index contributed by atoms with van der Waals surface area (Å²) in [6, 6.07) is 40.4. The number of nitriles is 1. The molecule has 0 amide bonds. The quantitative estimate of drug-likeness (QED) is 0.198. The van der Waals surface area contributed by atoms with E-state index >= 15 is 0 Å². The van der Waals surface area contributed by atoms with Gasteiger partial charge in [0, 0.05) is 27.1 Å².